The SMILES string of the molecule is CCCCCCCC1CCc2cc(C3CCC4CC(OCCC)CCC4C3)c(F)c(F)c2C1. The number of rotatable bonds is 10. The highest BCUT2D eigenvalue weighted by molar-refractivity contribution is 5.38. The lowest BCUT2D eigenvalue weighted by Crippen LogP contribution is -2.34. The Morgan fingerprint density at radius 3 is 2.45 bits per heavy atom. The molecule has 5 unspecified atom stereocenters. The molecule has 0 aromatic heterocycles. The molecule has 1 aromatic rings. The Morgan fingerprint density at radius 1 is 0.848 bits per heavy atom. The molecule has 0 radical (unpaired) electrons. The molecular weight excluding hydrogens is 414 g/mol. The number of fused-ring (bicyclic) bond motifs is 2. The third kappa shape index (κ3) is 6.19. The van der Waals surface area contributed by atoms with E-state index in [4.69, 9.17) is 4.74 Å². The first-order chi connectivity index (χ1) is 16.1. The molecule has 33 heavy (non-hydrogen) atoms. The van der Waals surface area contributed by atoms with E-state index in [0.717, 1.165) is 70.0 Å². The normalized spacial score (nSPS) is 29.5. The van der Waals surface area contributed by atoms with Crippen LogP contribution in [0.4, 0.5) is 8.78 Å². The second-order valence-corrected chi connectivity index (χ2v) is 11.4. The van der Waals surface area contributed by atoms with Crippen molar-refractivity contribution in [3.8, 4) is 0 Å². The summed E-state index contributed by atoms with van der Waals surface area (Å²) in [5, 5.41) is 0. The molecule has 0 aliphatic heterocycles. The predicted octanol–water partition coefficient (Wildman–Crippen LogP) is 8.91. The van der Waals surface area contributed by atoms with E-state index in [9.17, 15) is 0 Å². The highest BCUT2D eigenvalue weighted by Gasteiger charge is 2.38. The van der Waals surface area contributed by atoms with E-state index < -0.39 is 11.6 Å². The second-order valence-electron chi connectivity index (χ2n) is 11.4. The Bertz CT molecular complexity index is 760. The van der Waals surface area contributed by atoms with Crippen LogP contribution in [-0.4, -0.2) is 12.7 Å². The third-order valence-corrected chi connectivity index (χ3v) is 9.02. The van der Waals surface area contributed by atoms with Gasteiger partial charge in [-0.25, -0.2) is 8.78 Å². The van der Waals surface area contributed by atoms with Gasteiger partial charge in [-0.2, -0.15) is 0 Å². The van der Waals surface area contributed by atoms with Gasteiger partial charge < -0.3 is 4.74 Å². The maximum Gasteiger partial charge on any atom is 0.162 e. The van der Waals surface area contributed by atoms with Crippen molar-refractivity contribution in [1.82, 2.24) is 0 Å². The van der Waals surface area contributed by atoms with Crippen molar-refractivity contribution in [2.24, 2.45) is 17.8 Å². The number of hydrogen-bond acceptors (Lipinski definition) is 1. The van der Waals surface area contributed by atoms with E-state index >= 15 is 8.78 Å². The topological polar surface area (TPSA) is 9.23 Å². The monoisotopic (exact) mass is 460 g/mol. The molecule has 0 N–H and O–H groups in total. The standard InChI is InChI=1S/C30H46F2O/c1-3-5-6-7-8-9-21-10-11-25-20-28(30(32)29(31)27(25)17-21)24-13-12-23-19-26(33-16-4-2)15-14-22(23)18-24/h20-24,26H,3-19H2,1-2H3. The zero-order valence-corrected chi connectivity index (χ0v) is 21.1. The van der Waals surface area contributed by atoms with Crippen LogP contribution in [0, 0.1) is 29.4 Å². The van der Waals surface area contributed by atoms with Crippen LogP contribution in [-0.2, 0) is 17.6 Å². The molecule has 0 bridgehead atoms. The number of unbranched alkanes of at least 4 members (excludes halogenated alkanes) is 4. The summed E-state index contributed by atoms with van der Waals surface area (Å²) >= 11 is 0. The fourth-order valence-corrected chi connectivity index (χ4v) is 7.08. The minimum absolute atomic E-state index is 0.190. The van der Waals surface area contributed by atoms with Gasteiger partial charge in [-0.1, -0.05) is 58.4 Å². The maximum atomic E-state index is 15.3. The first-order valence-corrected chi connectivity index (χ1v) is 14.2. The number of aryl methyl sites for hydroxylation is 1. The van der Waals surface area contributed by atoms with E-state index in [0.29, 0.717) is 35.0 Å². The quantitative estimate of drug-likeness (QED) is 0.317. The fourth-order valence-electron chi connectivity index (χ4n) is 7.08. The molecule has 0 spiro atoms. The Kier molecular flexibility index (Phi) is 9.25. The van der Waals surface area contributed by atoms with Crippen LogP contribution < -0.4 is 0 Å². The minimum Gasteiger partial charge on any atom is -0.378 e. The van der Waals surface area contributed by atoms with Gasteiger partial charge in [-0.05, 0) is 105 Å². The van der Waals surface area contributed by atoms with Crippen molar-refractivity contribution in [2.75, 3.05) is 6.61 Å². The van der Waals surface area contributed by atoms with Gasteiger partial charge in [0, 0.05) is 6.61 Å². The summed E-state index contributed by atoms with van der Waals surface area (Å²) in [6.07, 6.45) is 18.5. The van der Waals surface area contributed by atoms with Gasteiger partial charge >= 0.3 is 0 Å². The molecule has 1 nitrogen and oxygen atoms in total. The molecule has 4 rings (SSSR count). The summed E-state index contributed by atoms with van der Waals surface area (Å²) in [7, 11) is 0. The zero-order valence-electron chi connectivity index (χ0n) is 21.1. The van der Waals surface area contributed by atoms with E-state index in [1.807, 2.05) is 0 Å². The van der Waals surface area contributed by atoms with Crippen molar-refractivity contribution in [3.05, 3.63) is 34.4 Å². The van der Waals surface area contributed by atoms with Crippen LogP contribution in [0.2, 0.25) is 0 Å². The number of halogens is 2. The summed E-state index contributed by atoms with van der Waals surface area (Å²) in [5.41, 5.74) is 2.49. The summed E-state index contributed by atoms with van der Waals surface area (Å²) in [5.74, 6) is 1.04. The molecule has 3 heteroatoms. The lowest BCUT2D eigenvalue weighted by Gasteiger charge is -2.42. The first kappa shape index (κ1) is 25.1. The fraction of sp³-hybridized carbons (Fsp3) is 0.800. The predicted molar refractivity (Wildman–Crippen MR) is 133 cm³/mol. The lowest BCUT2D eigenvalue weighted by molar-refractivity contribution is -0.0149. The van der Waals surface area contributed by atoms with Gasteiger partial charge in [-0.3, -0.25) is 0 Å². The highest BCUT2D eigenvalue weighted by Crippen LogP contribution is 2.48. The van der Waals surface area contributed by atoms with Gasteiger partial charge in [0.1, 0.15) is 0 Å². The Balaban J connectivity index is 1.36. The Hall–Kier alpha value is -0.960. The number of hydrogen-bond donors (Lipinski definition) is 0. The molecule has 2 fully saturated rings. The van der Waals surface area contributed by atoms with Crippen molar-refractivity contribution < 1.29 is 13.5 Å². The largest absolute Gasteiger partial charge is 0.378 e. The first-order valence-electron chi connectivity index (χ1n) is 14.2. The van der Waals surface area contributed by atoms with Crippen LogP contribution in [0.3, 0.4) is 0 Å². The highest BCUT2D eigenvalue weighted by atomic mass is 19.2. The molecule has 1 aromatic carbocycles. The van der Waals surface area contributed by atoms with Crippen molar-refractivity contribution in [2.45, 2.75) is 129 Å². The Labute approximate surface area is 201 Å². The average Bonchev–Trinajstić information content (AvgIpc) is 2.84. The number of ether oxygens (including phenoxy) is 1. The van der Waals surface area contributed by atoms with Gasteiger partial charge in [0.05, 0.1) is 6.10 Å². The number of benzene rings is 1. The van der Waals surface area contributed by atoms with E-state index in [1.165, 1.54) is 44.9 Å². The summed E-state index contributed by atoms with van der Waals surface area (Å²) in [6.45, 7) is 5.27. The molecule has 0 heterocycles. The van der Waals surface area contributed by atoms with E-state index in [2.05, 4.69) is 19.9 Å². The third-order valence-electron chi connectivity index (χ3n) is 9.02. The molecule has 5 atom stereocenters. The summed E-state index contributed by atoms with van der Waals surface area (Å²) in [4.78, 5) is 0. The van der Waals surface area contributed by atoms with E-state index in [1.54, 1.807) is 0 Å². The average molecular weight is 461 g/mol. The Morgan fingerprint density at radius 2 is 1.64 bits per heavy atom. The smallest absolute Gasteiger partial charge is 0.162 e. The van der Waals surface area contributed by atoms with Crippen LogP contribution in [0.15, 0.2) is 6.07 Å². The van der Waals surface area contributed by atoms with Crippen molar-refractivity contribution in [1.29, 1.82) is 0 Å². The summed E-state index contributed by atoms with van der Waals surface area (Å²) < 4.78 is 36.6. The van der Waals surface area contributed by atoms with Crippen LogP contribution in [0.1, 0.15) is 126 Å². The van der Waals surface area contributed by atoms with Crippen molar-refractivity contribution >= 4 is 0 Å². The second kappa shape index (κ2) is 12.1. The molecule has 186 valence electrons. The van der Waals surface area contributed by atoms with Gasteiger partial charge in [-0.15, -0.1) is 0 Å². The van der Waals surface area contributed by atoms with Gasteiger partial charge in [0.15, 0.2) is 11.6 Å². The van der Waals surface area contributed by atoms with Crippen molar-refractivity contribution in [3.63, 3.8) is 0 Å². The molecular formula is C30H46F2O. The minimum atomic E-state index is -0.527. The van der Waals surface area contributed by atoms with E-state index in [-0.39, 0.29) is 5.92 Å². The van der Waals surface area contributed by atoms with Gasteiger partial charge in [0.25, 0.3) is 0 Å². The molecule has 2 saturated carbocycles. The summed E-state index contributed by atoms with van der Waals surface area (Å²) in [6, 6.07) is 2.08. The van der Waals surface area contributed by atoms with Crippen LogP contribution >= 0.6 is 0 Å². The van der Waals surface area contributed by atoms with Crippen LogP contribution in [0.25, 0.3) is 0 Å². The molecule has 3 aliphatic rings. The molecule has 0 amide bonds. The van der Waals surface area contributed by atoms with Crippen LogP contribution in [0.5, 0.6) is 0 Å². The van der Waals surface area contributed by atoms with Gasteiger partial charge in [0.2, 0.25) is 0 Å². The maximum absolute atomic E-state index is 15.3. The lowest BCUT2D eigenvalue weighted by atomic mass is 9.65. The zero-order chi connectivity index (χ0) is 23.2. The molecule has 0 saturated heterocycles. The molecule has 3 aliphatic carbocycles.